The molecule has 3 rings (SSSR count). The van der Waals surface area contributed by atoms with Crippen molar-refractivity contribution in [1.29, 1.82) is 0 Å². The highest BCUT2D eigenvalue weighted by molar-refractivity contribution is 5.85. The molecule has 17 heavy (non-hydrogen) atoms. The molecule has 2 aromatic heterocycles. The minimum Gasteiger partial charge on any atom is -0.316 e. The van der Waals surface area contributed by atoms with Crippen molar-refractivity contribution >= 4 is 11.8 Å². The van der Waals surface area contributed by atoms with E-state index in [1.165, 1.54) is 6.42 Å². The summed E-state index contributed by atoms with van der Waals surface area (Å²) in [7, 11) is 0. The second-order valence-electron chi connectivity index (χ2n) is 4.57. The smallest absolute Gasteiger partial charge is 0.152 e. The molecule has 1 fully saturated rings. The summed E-state index contributed by atoms with van der Waals surface area (Å²) >= 11 is 0. The maximum absolute atomic E-state index is 10.9. The van der Waals surface area contributed by atoms with Gasteiger partial charge in [-0.05, 0) is 37.6 Å². The van der Waals surface area contributed by atoms with Crippen molar-refractivity contribution < 1.29 is 4.79 Å². The third-order valence-electron chi connectivity index (χ3n) is 3.44. The third kappa shape index (κ3) is 1.85. The molecule has 4 heteroatoms. The molecule has 3 heterocycles. The van der Waals surface area contributed by atoms with Crippen LogP contribution >= 0.6 is 0 Å². The van der Waals surface area contributed by atoms with E-state index in [1.54, 1.807) is 6.20 Å². The number of rotatable bonds is 3. The van der Waals surface area contributed by atoms with Crippen molar-refractivity contribution in [3.05, 3.63) is 35.9 Å². The molecule has 1 saturated heterocycles. The highest BCUT2D eigenvalue weighted by atomic mass is 16.1. The zero-order chi connectivity index (χ0) is 11.7. The largest absolute Gasteiger partial charge is 0.316 e. The molecule has 2 aromatic rings. The van der Waals surface area contributed by atoms with E-state index < -0.39 is 0 Å². The first-order valence-corrected chi connectivity index (χ1v) is 5.99. The molecule has 0 spiro atoms. The van der Waals surface area contributed by atoms with E-state index >= 15 is 0 Å². The maximum atomic E-state index is 10.9. The minimum atomic E-state index is 0.667. The lowest BCUT2D eigenvalue weighted by atomic mass is 10.0. The molecule has 1 aliphatic heterocycles. The third-order valence-corrected chi connectivity index (χ3v) is 3.44. The quantitative estimate of drug-likeness (QED) is 0.807. The van der Waals surface area contributed by atoms with Crippen molar-refractivity contribution in [2.45, 2.75) is 12.8 Å². The number of aromatic nitrogens is 2. The van der Waals surface area contributed by atoms with Crippen molar-refractivity contribution in [3.63, 3.8) is 0 Å². The van der Waals surface area contributed by atoms with Crippen LogP contribution in [-0.4, -0.2) is 28.8 Å². The van der Waals surface area contributed by atoms with Crippen LogP contribution in [0.1, 0.15) is 22.6 Å². The van der Waals surface area contributed by atoms with Gasteiger partial charge in [0.1, 0.15) is 5.82 Å². The van der Waals surface area contributed by atoms with Gasteiger partial charge in [0.15, 0.2) is 6.29 Å². The number of hydrogen-bond acceptors (Lipinski definition) is 3. The molecular formula is C13H15N3O. The Morgan fingerprint density at radius 3 is 3.29 bits per heavy atom. The Morgan fingerprint density at radius 2 is 2.53 bits per heavy atom. The zero-order valence-electron chi connectivity index (χ0n) is 9.60. The van der Waals surface area contributed by atoms with Gasteiger partial charge in [-0.2, -0.15) is 0 Å². The number of imidazole rings is 1. The van der Waals surface area contributed by atoms with Crippen LogP contribution in [-0.2, 0) is 6.42 Å². The Hall–Kier alpha value is -1.68. The summed E-state index contributed by atoms with van der Waals surface area (Å²) in [6.45, 7) is 2.18. The molecule has 1 unspecified atom stereocenters. The predicted octanol–water partition coefficient (Wildman–Crippen LogP) is 1.30. The summed E-state index contributed by atoms with van der Waals surface area (Å²) in [5, 5.41) is 3.36. The van der Waals surface area contributed by atoms with Gasteiger partial charge in [0.2, 0.25) is 0 Å². The summed E-state index contributed by atoms with van der Waals surface area (Å²) < 4.78 is 2.03. The maximum Gasteiger partial charge on any atom is 0.152 e. The molecule has 4 nitrogen and oxygen atoms in total. The van der Waals surface area contributed by atoms with Gasteiger partial charge in [-0.25, -0.2) is 4.98 Å². The molecule has 88 valence electrons. The van der Waals surface area contributed by atoms with E-state index in [1.807, 2.05) is 22.7 Å². The predicted molar refractivity (Wildman–Crippen MR) is 65.3 cm³/mol. The summed E-state index contributed by atoms with van der Waals surface area (Å²) in [6.07, 6.45) is 6.85. The second-order valence-corrected chi connectivity index (χ2v) is 4.57. The number of pyridine rings is 1. The monoisotopic (exact) mass is 229 g/mol. The SMILES string of the molecule is O=Cc1cccn2c(CC3CCNC3)ncc12. The first kappa shape index (κ1) is 10.5. The van der Waals surface area contributed by atoms with Crippen LogP contribution in [0.25, 0.3) is 5.52 Å². The molecule has 0 aliphatic carbocycles. The lowest BCUT2D eigenvalue weighted by Crippen LogP contribution is -2.12. The average Bonchev–Trinajstić information content (AvgIpc) is 2.99. The molecule has 0 saturated carbocycles. The number of nitrogens with one attached hydrogen (secondary N) is 1. The van der Waals surface area contributed by atoms with Gasteiger partial charge in [-0.3, -0.25) is 4.79 Å². The molecule has 1 aliphatic rings. The van der Waals surface area contributed by atoms with Gasteiger partial charge < -0.3 is 9.72 Å². The molecular weight excluding hydrogens is 214 g/mol. The van der Waals surface area contributed by atoms with E-state index in [0.717, 1.165) is 37.1 Å². The second kappa shape index (κ2) is 4.30. The normalized spacial score (nSPS) is 19.9. The van der Waals surface area contributed by atoms with Crippen molar-refractivity contribution in [3.8, 4) is 0 Å². The summed E-state index contributed by atoms with van der Waals surface area (Å²) in [6, 6.07) is 3.72. The number of carbonyl (C=O) groups is 1. The van der Waals surface area contributed by atoms with Crippen LogP contribution in [0.15, 0.2) is 24.5 Å². The van der Waals surface area contributed by atoms with Crippen LogP contribution in [0.4, 0.5) is 0 Å². The average molecular weight is 229 g/mol. The van der Waals surface area contributed by atoms with Crippen LogP contribution < -0.4 is 5.32 Å². The van der Waals surface area contributed by atoms with Gasteiger partial charge in [0.05, 0.1) is 11.7 Å². The van der Waals surface area contributed by atoms with Crippen molar-refractivity contribution in [1.82, 2.24) is 14.7 Å². The van der Waals surface area contributed by atoms with Crippen LogP contribution in [0.3, 0.4) is 0 Å². The van der Waals surface area contributed by atoms with Crippen LogP contribution in [0.2, 0.25) is 0 Å². The number of nitrogens with zero attached hydrogens (tertiary/aromatic N) is 2. The first-order chi connectivity index (χ1) is 8.38. The van der Waals surface area contributed by atoms with E-state index in [4.69, 9.17) is 0 Å². The number of hydrogen-bond donors (Lipinski definition) is 1. The lowest BCUT2D eigenvalue weighted by molar-refractivity contribution is 0.112. The number of carbonyl (C=O) groups excluding carboxylic acids is 1. The molecule has 0 amide bonds. The first-order valence-electron chi connectivity index (χ1n) is 5.99. The highest BCUT2D eigenvalue weighted by Crippen LogP contribution is 2.17. The van der Waals surface area contributed by atoms with Gasteiger partial charge in [0.25, 0.3) is 0 Å². The Bertz CT molecular complexity index is 541. The van der Waals surface area contributed by atoms with E-state index in [-0.39, 0.29) is 0 Å². The van der Waals surface area contributed by atoms with Gasteiger partial charge >= 0.3 is 0 Å². The van der Waals surface area contributed by atoms with Gasteiger partial charge in [0, 0.05) is 18.2 Å². The van der Waals surface area contributed by atoms with Crippen molar-refractivity contribution in [2.75, 3.05) is 13.1 Å². The number of fused-ring (bicyclic) bond motifs is 1. The fraction of sp³-hybridized carbons (Fsp3) is 0.385. The topological polar surface area (TPSA) is 46.4 Å². The molecule has 1 atom stereocenters. The van der Waals surface area contributed by atoms with Crippen LogP contribution in [0.5, 0.6) is 0 Å². The Labute approximate surface area is 99.7 Å². The van der Waals surface area contributed by atoms with Crippen LogP contribution in [0, 0.1) is 5.92 Å². The van der Waals surface area contributed by atoms with Gasteiger partial charge in [-0.15, -0.1) is 0 Å². The fourth-order valence-electron chi connectivity index (χ4n) is 2.49. The lowest BCUT2D eigenvalue weighted by Gasteiger charge is -2.07. The Morgan fingerprint density at radius 1 is 1.59 bits per heavy atom. The highest BCUT2D eigenvalue weighted by Gasteiger charge is 2.17. The Balaban J connectivity index is 1.97. The summed E-state index contributed by atoms with van der Waals surface area (Å²) in [5.74, 6) is 1.72. The number of aldehydes is 1. The summed E-state index contributed by atoms with van der Waals surface area (Å²) in [5.41, 5.74) is 1.61. The molecule has 1 N–H and O–H groups in total. The molecule has 0 bridgehead atoms. The van der Waals surface area contributed by atoms with Crippen molar-refractivity contribution in [2.24, 2.45) is 5.92 Å². The zero-order valence-corrected chi connectivity index (χ0v) is 9.60. The van der Waals surface area contributed by atoms with Gasteiger partial charge in [-0.1, -0.05) is 0 Å². The minimum absolute atomic E-state index is 0.667. The Kier molecular flexibility index (Phi) is 2.65. The van der Waals surface area contributed by atoms with E-state index in [0.29, 0.717) is 11.5 Å². The fourth-order valence-corrected chi connectivity index (χ4v) is 2.49. The van der Waals surface area contributed by atoms with E-state index in [2.05, 4.69) is 10.3 Å². The van der Waals surface area contributed by atoms with E-state index in [9.17, 15) is 4.79 Å². The molecule has 0 aromatic carbocycles. The summed E-state index contributed by atoms with van der Waals surface area (Å²) in [4.78, 5) is 15.4. The standard InChI is InChI=1S/C13H15N3O/c17-9-11-2-1-5-16-12(11)8-15-13(16)6-10-3-4-14-7-10/h1-2,5,8-10,14H,3-4,6-7H2. The molecule has 0 radical (unpaired) electrons.